The fraction of sp³-hybridized carbons (Fsp3) is 0.308. The average Bonchev–Trinajstić information content (AvgIpc) is 2.25. The second-order valence-electron chi connectivity index (χ2n) is 3.40. The van der Waals surface area contributed by atoms with Crippen LogP contribution in [0.25, 0.3) is 0 Å². The standard InChI is InChI=1S/C13H15IO2/c1-11(15)16-10-6-2-3-7-12-8-4-5-9-13(12)14/h2,4-6,8-9H,3,7,10H2,1H3/b6-2+. The lowest BCUT2D eigenvalue weighted by Crippen LogP contribution is -1.97. The van der Waals surface area contributed by atoms with E-state index in [9.17, 15) is 4.79 Å². The number of carbonyl (C=O) groups excluding carboxylic acids is 1. The molecule has 0 saturated carbocycles. The zero-order chi connectivity index (χ0) is 11.8. The Morgan fingerprint density at radius 3 is 2.81 bits per heavy atom. The predicted octanol–water partition coefficient (Wildman–Crippen LogP) is 3.34. The van der Waals surface area contributed by atoms with Gasteiger partial charge in [-0.2, -0.15) is 0 Å². The van der Waals surface area contributed by atoms with Crippen molar-refractivity contribution in [1.29, 1.82) is 0 Å². The predicted molar refractivity (Wildman–Crippen MR) is 73.3 cm³/mol. The van der Waals surface area contributed by atoms with Crippen molar-refractivity contribution in [2.24, 2.45) is 0 Å². The van der Waals surface area contributed by atoms with Crippen molar-refractivity contribution in [2.75, 3.05) is 6.61 Å². The normalized spacial score (nSPS) is 10.6. The summed E-state index contributed by atoms with van der Waals surface area (Å²) in [5.74, 6) is -0.234. The van der Waals surface area contributed by atoms with E-state index in [0.29, 0.717) is 6.61 Å². The Kier molecular flexibility index (Phi) is 6.15. The van der Waals surface area contributed by atoms with Crippen molar-refractivity contribution in [3.8, 4) is 0 Å². The molecule has 0 N–H and O–H groups in total. The number of carbonyl (C=O) groups is 1. The minimum Gasteiger partial charge on any atom is -0.462 e. The van der Waals surface area contributed by atoms with Crippen LogP contribution in [0.3, 0.4) is 0 Å². The molecular weight excluding hydrogens is 315 g/mol. The quantitative estimate of drug-likeness (QED) is 0.470. The van der Waals surface area contributed by atoms with Crippen LogP contribution < -0.4 is 0 Å². The summed E-state index contributed by atoms with van der Waals surface area (Å²) in [6, 6.07) is 8.35. The van der Waals surface area contributed by atoms with Crippen molar-refractivity contribution in [3.63, 3.8) is 0 Å². The van der Waals surface area contributed by atoms with Crippen LogP contribution in [-0.4, -0.2) is 12.6 Å². The summed E-state index contributed by atoms with van der Waals surface area (Å²) in [5.41, 5.74) is 1.36. The van der Waals surface area contributed by atoms with Crippen LogP contribution in [0.4, 0.5) is 0 Å². The first-order valence-electron chi connectivity index (χ1n) is 5.22. The van der Waals surface area contributed by atoms with Gasteiger partial charge in [-0.15, -0.1) is 0 Å². The second-order valence-corrected chi connectivity index (χ2v) is 4.57. The van der Waals surface area contributed by atoms with Gasteiger partial charge in [0.15, 0.2) is 0 Å². The monoisotopic (exact) mass is 330 g/mol. The highest BCUT2D eigenvalue weighted by molar-refractivity contribution is 14.1. The maximum absolute atomic E-state index is 10.5. The Hall–Kier alpha value is -0.840. The van der Waals surface area contributed by atoms with Crippen molar-refractivity contribution < 1.29 is 9.53 Å². The van der Waals surface area contributed by atoms with Crippen LogP contribution in [0.5, 0.6) is 0 Å². The van der Waals surface area contributed by atoms with Crippen LogP contribution in [0.1, 0.15) is 18.9 Å². The van der Waals surface area contributed by atoms with Gasteiger partial charge < -0.3 is 4.74 Å². The molecule has 2 nitrogen and oxygen atoms in total. The molecule has 0 heterocycles. The van der Waals surface area contributed by atoms with Gasteiger partial charge in [-0.25, -0.2) is 0 Å². The third-order valence-electron chi connectivity index (χ3n) is 2.09. The van der Waals surface area contributed by atoms with Gasteiger partial charge in [-0.3, -0.25) is 4.79 Å². The lowest BCUT2D eigenvalue weighted by molar-refractivity contribution is -0.139. The van der Waals surface area contributed by atoms with E-state index in [4.69, 9.17) is 4.74 Å². The van der Waals surface area contributed by atoms with E-state index in [1.807, 2.05) is 18.2 Å². The summed E-state index contributed by atoms with van der Waals surface area (Å²) in [6.07, 6.45) is 5.93. The molecule has 1 rings (SSSR count). The topological polar surface area (TPSA) is 26.3 Å². The molecule has 0 aliphatic heterocycles. The van der Waals surface area contributed by atoms with Gasteiger partial charge in [0.25, 0.3) is 0 Å². The van der Waals surface area contributed by atoms with Gasteiger partial charge in [0.05, 0.1) is 0 Å². The molecule has 0 bridgehead atoms. The summed E-state index contributed by atoms with van der Waals surface area (Å²) in [4.78, 5) is 10.5. The molecule has 16 heavy (non-hydrogen) atoms. The molecule has 0 spiro atoms. The first-order valence-corrected chi connectivity index (χ1v) is 6.30. The Morgan fingerprint density at radius 1 is 1.38 bits per heavy atom. The molecule has 86 valence electrons. The van der Waals surface area contributed by atoms with E-state index in [0.717, 1.165) is 12.8 Å². The highest BCUT2D eigenvalue weighted by Gasteiger charge is 1.95. The number of ether oxygens (including phenoxy) is 1. The van der Waals surface area contributed by atoms with Crippen molar-refractivity contribution >= 4 is 28.6 Å². The lowest BCUT2D eigenvalue weighted by Gasteiger charge is -2.01. The van der Waals surface area contributed by atoms with Crippen LogP contribution in [0.2, 0.25) is 0 Å². The van der Waals surface area contributed by atoms with Gasteiger partial charge in [-0.1, -0.05) is 30.4 Å². The minimum atomic E-state index is -0.234. The van der Waals surface area contributed by atoms with E-state index in [1.54, 1.807) is 0 Å². The van der Waals surface area contributed by atoms with Crippen LogP contribution in [0.15, 0.2) is 36.4 Å². The number of hydrogen-bond acceptors (Lipinski definition) is 2. The first-order chi connectivity index (χ1) is 7.70. The number of rotatable bonds is 5. The average molecular weight is 330 g/mol. The smallest absolute Gasteiger partial charge is 0.302 e. The minimum absolute atomic E-state index is 0.234. The van der Waals surface area contributed by atoms with Gasteiger partial charge in [0, 0.05) is 10.5 Å². The number of halogens is 1. The fourth-order valence-corrected chi connectivity index (χ4v) is 1.95. The van der Waals surface area contributed by atoms with Crippen LogP contribution in [-0.2, 0) is 16.0 Å². The summed E-state index contributed by atoms with van der Waals surface area (Å²) in [6.45, 7) is 1.79. The Labute approximate surface area is 110 Å². The Balaban J connectivity index is 2.25. The summed E-state index contributed by atoms with van der Waals surface area (Å²) in [7, 11) is 0. The molecule has 1 aromatic rings. The summed E-state index contributed by atoms with van der Waals surface area (Å²) >= 11 is 2.34. The maximum Gasteiger partial charge on any atom is 0.302 e. The summed E-state index contributed by atoms with van der Waals surface area (Å²) in [5, 5.41) is 0. The van der Waals surface area contributed by atoms with Crippen molar-refractivity contribution in [3.05, 3.63) is 45.6 Å². The van der Waals surface area contributed by atoms with E-state index in [2.05, 4.69) is 40.8 Å². The number of hydrogen-bond donors (Lipinski definition) is 0. The summed E-state index contributed by atoms with van der Waals surface area (Å²) < 4.78 is 6.09. The number of esters is 1. The van der Waals surface area contributed by atoms with E-state index >= 15 is 0 Å². The molecule has 0 atom stereocenters. The molecule has 0 aliphatic carbocycles. The van der Waals surface area contributed by atoms with Crippen molar-refractivity contribution in [1.82, 2.24) is 0 Å². The van der Waals surface area contributed by atoms with E-state index < -0.39 is 0 Å². The lowest BCUT2D eigenvalue weighted by atomic mass is 10.1. The fourth-order valence-electron chi connectivity index (χ4n) is 1.29. The van der Waals surface area contributed by atoms with Crippen molar-refractivity contribution in [2.45, 2.75) is 19.8 Å². The Bertz CT molecular complexity index is 372. The number of allylic oxidation sites excluding steroid dienone is 1. The SMILES string of the molecule is CC(=O)OC/C=C/CCc1ccccc1I. The van der Waals surface area contributed by atoms with Gasteiger partial charge in [-0.05, 0) is 47.1 Å². The first kappa shape index (κ1) is 13.2. The molecule has 0 fully saturated rings. The highest BCUT2D eigenvalue weighted by atomic mass is 127. The number of benzene rings is 1. The van der Waals surface area contributed by atoms with E-state index in [-0.39, 0.29) is 5.97 Å². The largest absolute Gasteiger partial charge is 0.462 e. The maximum atomic E-state index is 10.5. The molecule has 0 saturated heterocycles. The molecule has 3 heteroatoms. The van der Waals surface area contributed by atoms with E-state index in [1.165, 1.54) is 16.1 Å². The van der Waals surface area contributed by atoms with Crippen LogP contribution >= 0.6 is 22.6 Å². The van der Waals surface area contributed by atoms with Gasteiger partial charge in [0.2, 0.25) is 0 Å². The molecule has 0 unspecified atom stereocenters. The zero-order valence-electron chi connectivity index (χ0n) is 9.28. The third kappa shape index (κ3) is 5.30. The number of aryl methyl sites for hydroxylation is 1. The molecule has 0 aliphatic rings. The second kappa shape index (κ2) is 7.44. The Morgan fingerprint density at radius 2 is 2.12 bits per heavy atom. The third-order valence-corrected chi connectivity index (χ3v) is 3.14. The molecule has 0 aromatic heterocycles. The molecule has 0 radical (unpaired) electrons. The molecule has 0 amide bonds. The molecule has 1 aromatic carbocycles. The van der Waals surface area contributed by atoms with Crippen LogP contribution in [0, 0.1) is 3.57 Å². The van der Waals surface area contributed by atoms with Gasteiger partial charge in [0.1, 0.15) is 6.61 Å². The molecular formula is C13H15IO2. The highest BCUT2D eigenvalue weighted by Crippen LogP contribution is 2.13. The van der Waals surface area contributed by atoms with Gasteiger partial charge >= 0.3 is 5.97 Å². The zero-order valence-corrected chi connectivity index (χ0v) is 11.4.